The van der Waals surface area contributed by atoms with E-state index in [1.807, 2.05) is 0 Å². The van der Waals surface area contributed by atoms with Crippen LogP contribution in [0.25, 0.3) is 0 Å². The van der Waals surface area contributed by atoms with Crippen molar-refractivity contribution in [2.24, 2.45) is 5.92 Å². The highest BCUT2D eigenvalue weighted by atomic mass is 19.4. The van der Waals surface area contributed by atoms with Gasteiger partial charge in [0.1, 0.15) is 0 Å². The number of amides is 2. The first-order valence-electron chi connectivity index (χ1n) is 7.33. The summed E-state index contributed by atoms with van der Waals surface area (Å²) in [5, 5.41) is 14.1. The molecule has 3 N–H and O–H groups in total. The first kappa shape index (κ1) is 17.6. The minimum atomic E-state index is -4.56. The number of aliphatic hydroxyl groups excluding tert-OH is 1. The Morgan fingerprint density at radius 3 is 2.70 bits per heavy atom. The molecule has 1 fully saturated rings. The second-order valence-electron chi connectivity index (χ2n) is 5.51. The molecule has 0 aliphatic heterocycles. The van der Waals surface area contributed by atoms with Gasteiger partial charge in [-0.15, -0.1) is 0 Å². The monoisotopic (exact) mass is 332 g/mol. The number of carbonyl (C=O) groups is 1. The summed E-state index contributed by atoms with van der Waals surface area (Å²) >= 11 is 0. The number of carbonyl (C=O) groups excluding carboxylic acids is 1. The molecule has 2 amide bonds. The van der Waals surface area contributed by atoms with Gasteiger partial charge in [-0.1, -0.05) is 12.1 Å². The maximum absolute atomic E-state index is 12.8. The highest BCUT2D eigenvalue weighted by Crippen LogP contribution is 2.34. The Morgan fingerprint density at radius 2 is 2.04 bits per heavy atom. The summed E-state index contributed by atoms with van der Waals surface area (Å²) in [6.07, 6.45) is -3.19. The van der Waals surface area contributed by atoms with Gasteiger partial charge in [-0.2, -0.15) is 13.2 Å². The molecule has 0 spiro atoms. The van der Waals surface area contributed by atoms with Crippen LogP contribution < -0.4 is 10.6 Å². The van der Waals surface area contributed by atoms with Crippen molar-refractivity contribution in [1.82, 2.24) is 5.32 Å². The normalized spacial score (nSPS) is 16.0. The average molecular weight is 332 g/mol. The van der Waals surface area contributed by atoms with Gasteiger partial charge in [-0.05, 0) is 30.9 Å². The molecule has 0 heterocycles. The zero-order chi connectivity index (χ0) is 16.9. The number of anilines is 1. The number of rotatable bonds is 7. The highest BCUT2D eigenvalue weighted by molar-refractivity contribution is 5.90. The zero-order valence-corrected chi connectivity index (χ0v) is 12.4. The van der Waals surface area contributed by atoms with Crippen LogP contribution in [0.15, 0.2) is 24.3 Å². The fourth-order valence-electron chi connectivity index (χ4n) is 1.93. The van der Waals surface area contributed by atoms with E-state index in [9.17, 15) is 23.1 Å². The summed E-state index contributed by atoms with van der Waals surface area (Å²) in [6.45, 7) is 0.558. The first-order chi connectivity index (χ1) is 10.9. The number of para-hydroxylation sites is 1. The standard InChI is InChI=1S/C15H19F3N2O3/c16-15(17,18)12-3-1-2-4-13(12)20-14(22)19-7-11(21)9-23-8-10-5-6-10/h1-4,10-11,21H,5-9H2,(H2,19,20,22). The maximum Gasteiger partial charge on any atom is 0.418 e. The second-order valence-corrected chi connectivity index (χ2v) is 5.51. The van der Waals surface area contributed by atoms with Crippen molar-refractivity contribution in [2.45, 2.75) is 25.1 Å². The number of hydrogen-bond donors (Lipinski definition) is 3. The minimum absolute atomic E-state index is 0.0793. The fourth-order valence-corrected chi connectivity index (χ4v) is 1.93. The lowest BCUT2D eigenvalue weighted by molar-refractivity contribution is -0.136. The molecule has 0 bridgehead atoms. The largest absolute Gasteiger partial charge is 0.418 e. The summed E-state index contributed by atoms with van der Waals surface area (Å²) in [4.78, 5) is 11.6. The van der Waals surface area contributed by atoms with Crippen molar-refractivity contribution in [3.63, 3.8) is 0 Å². The van der Waals surface area contributed by atoms with Crippen LogP contribution in [0.3, 0.4) is 0 Å². The van der Waals surface area contributed by atoms with Crippen LogP contribution in [0.2, 0.25) is 0 Å². The van der Waals surface area contributed by atoms with Crippen molar-refractivity contribution in [2.75, 3.05) is 25.1 Å². The Kier molecular flexibility index (Phi) is 5.84. The summed E-state index contributed by atoms with van der Waals surface area (Å²) in [7, 11) is 0. The molecule has 0 aromatic heterocycles. The van der Waals surface area contributed by atoms with Crippen LogP contribution in [-0.2, 0) is 10.9 Å². The third-order valence-electron chi connectivity index (χ3n) is 3.34. The van der Waals surface area contributed by atoms with Gasteiger partial charge in [-0.3, -0.25) is 0 Å². The van der Waals surface area contributed by atoms with E-state index < -0.39 is 23.9 Å². The van der Waals surface area contributed by atoms with Gasteiger partial charge in [0.15, 0.2) is 0 Å². The third-order valence-corrected chi connectivity index (χ3v) is 3.34. The summed E-state index contributed by atoms with van der Waals surface area (Å²) in [5.74, 6) is 0.567. The Balaban J connectivity index is 1.76. The van der Waals surface area contributed by atoms with E-state index in [1.54, 1.807) is 0 Å². The number of aliphatic hydroxyl groups is 1. The second kappa shape index (κ2) is 7.65. The van der Waals surface area contributed by atoms with Gasteiger partial charge in [0, 0.05) is 13.2 Å². The molecule has 0 saturated heterocycles. The molecular formula is C15H19F3N2O3. The minimum Gasteiger partial charge on any atom is -0.389 e. The number of alkyl halides is 3. The Labute approximate surface area is 131 Å². The Morgan fingerprint density at radius 1 is 1.35 bits per heavy atom. The number of ether oxygens (including phenoxy) is 1. The number of hydrogen-bond acceptors (Lipinski definition) is 3. The molecule has 1 aromatic rings. The molecule has 23 heavy (non-hydrogen) atoms. The molecule has 8 heteroatoms. The molecular weight excluding hydrogens is 313 g/mol. The Bertz CT molecular complexity index is 533. The topological polar surface area (TPSA) is 70.6 Å². The van der Waals surface area contributed by atoms with Gasteiger partial charge in [-0.25, -0.2) is 4.79 Å². The van der Waals surface area contributed by atoms with E-state index in [4.69, 9.17) is 4.74 Å². The molecule has 1 atom stereocenters. The fraction of sp³-hybridized carbons (Fsp3) is 0.533. The van der Waals surface area contributed by atoms with Crippen molar-refractivity contribution in [1.29, 1.82) is 0 Å². The lowest BCUT2D eigenvalue weighted by Crippen LogP contribution is -2.37. The number of nitrogens with one attached hydrogen (secondary N) is 2. The van der Waals surface area contributed by atoms with Crippen LogP contribution in [0.5, 0.6) is 0 Å². The molecule has 1 saturated carbocycles. The van der Waals surface area contributed by atoms with Crippen molar-refractivity contribution in [3.8, 4) is 0 Å². The molecule has 1 aliphatic rings. The SMILES string of the molecule is O=C(NCC(O)COCC1CC1)Nc1ccccc1C(F)(F)F. The van der Waals surface area contributed by atoms with Crippen LogP contribution in [-0.4, -0.2) is 37.0 Å². The quantitative estimate of drug-likeness (QED) is 0.719. The third kappa shape index (κ3) is 6.07. The smallest absolute Gasteiger partial charge is 0.389 e. The summed E-state index contributed by atoms with van der Waals surface area (Å²) < 4.78 is 43.6. The number of halogens is 3. The molecule has 1 aliphatic carbocycles. The van der Waals surface area contributed by atoms with E-state index in [0.29, 0.717) is 12.5 Å². The van der Waals surface area contributed by atoms with Gasteiger partial charge < -0.3 is 20.5 Å². The molecule has 128 valence electrons. The summed E-state index contributed by atoms with van der Waals surface area (Å²) in [5.41, 5.74) is -1.26. The first-order valence-corrected chi connectivity index (χ1v) is 7.33. The Hall–Kier alpha value is -1.80. The summed E-state index contributed by atoms with van der Waals surface area (Å²) in [6, 6.07) is 3.87. The molecule has 5 nitrogen and oxygen atoms in total. The zero-order valence-electron chi connectivity index (χ0n) is 12.4. The van der Waals surface area contributed by atoms with Gasteiger partial charge in [0.2, 0.25) is 0 Å². The van der Waals surface area contributed by atoms with E-state index in [0.717, 1.165) is 25.0 Å². The van der Waals surface area contributed by atoms with Crippen LogP contribution >= 0.6 is 0 Å². The molecule has 1 unspecified atom stereocenters. The predicted molar refractivity (Wildman–Crippen MR) is 78.0 cm³/mol. The van der Waals surface area contributed by atoms with Crippen LogP contribution in [0.4, 0.5) is 23.7 Å². The van der Waals surface area contributed by atoms with Gasteiger partial charge in [0.25, 0.3) is 0 Å². The lowest BCUT2D eigenvalue weighted by Gasteiger charge is -2.15. The number of benzene rings is 1. The molecule has 1 aromatic carbocycles. The average Bonchev–Trinajstić information content (AvgIpc) is 3.29. The van der Waals surface area contributed by atoms with Crippen LogP contribution in [0.1, 0.15) is 18.4 Å². The van der Waals surface area contributed by atoms with E-state index in [1.165, 1.54) is 12.1 Å². The van der Waals surface area contributed by atoms with Gasteiger partial charge in [0.05, 0.1) is 24.0 Å². The van der Waals surface area contributed by atoms with Crippen LogP contribution in [0, 0.1) is 5.92 Å². The molecule has 2 rings (SSSR count). The van der Waals surface area contributed by atoms with E-state index in [-0.39, 0.29) is 18.8 Å². The molecule has 0 radical (unpaired) electrons. The number of urea groups is 1. The predicted octanol–water partition coefficient (Wildman–Crippen LogP) is 2.61. The highest BCUT2D eigenvalue weighted by Gasteiger charge is 2.33. The van der Waals surface area contributed by atoms with E-state index >= 15 is 0 Å². The van der Waals surface area contributed by atoms with Crippen molar-refractivity contribution < 1.29 is 27.8 Å². The van der Waals surface area contributed by atoms with Gasteiger partial charge >= 0.3 is 12.2 Å². The van der Waals surface area contributed by atoms with Crippen molar-refractivity contribution in [3.05, 3.63) is 29.8 Å². The maximum atomic E-state index is 12.8. The van der Waals surface area contributed by atoms with E-state index in [2.05, 4.69) is 10.6 Å². The lowest BCUT2D eigenvalue weighted by atomic mass is 10.1. The van der Waals surface area contributed by atoms with Crippen molar-refractivity contribution >= 4 is 11.7 Å².